The van der Waals surface area contributed by atoms with Gasteiger partial charge in [-0.25, -0.2) is 0 Å². The summed E-state index contributed by atoms with van der Waals surface area (Å²) in [6, 6.07) is 4.34. The number of nitrogens with one attached hydrogen (secondary N) is 1. The first-order valence-corrected chi connectivity index (χ1v) is 5.03. The van der Waals surface area contributed by atoms with Crippen molar-refractivity contribution in [3.05, 3.63) is 22.4 Å². The second kappa shape index (κ2) is 4.60. The third-order valence-corrected chi connectivity index (χ3v) is 2.56. The topological polar surface area (TPSA) is 32.3 Å². The molecule has 0 aliphatic heterocycles. The van der Waals surface area contributed by atoms with E-state index in [1.54, 1.807) is 11.3 Å². The Hall–Kier alpha value is -0.380. The monoisotopic (exact) mass is 185 g/mol. The van der Waals surface area contributed by atoms with E-state index < -0.39 is 0 Å². The van der Waals surface area contributed by atoms with Gasteiger partial charge in [-0.05, 0) is 11.4 Å². The van der Waals surface area contributed by atoms with E-state index in [9.17, 15) is 5.11 Å². The van der Waals surface area contributed by atoms with Crippen LogP contribution in [0.1, 0.15) is 24.8 Å². The van der Waals surface area contributed by atoms with Crippen LogP contribution in [0.4, 0.5) is 0 Å². The van der Waals surface area contributed by atoms with Gasteiger partial charge in [0.1, 0.15) is 6.10 Å². The van der Waals surface area contributed by atoms with Gasteiger partial charge in [0.25, 0.3) is 0 Å². The lowest BCUT2D eigenvalue weighted by molar-refractivity contribution is 0.175. The van der Waals surface area contributed by atoms with Gasteiger partial charge in [0.2, 0.25) is 0 Å². The highest BCUT2D eigenvalue weighted by atomic mass is 32.1. The van der Waals surface area contributed by atoms with Crippen molar-refractivity contribution in [1.29, 1.82) is 0 Å². The van der Waals surface area contributed by atoms with E-state index in [0.29, 0.717) is 12.6 Å². The summed E-state index contributed by atoms with van der Waals surface area (Å²) in [4.78, 5) is 1.03. The van der Waals surface area contributed by atoms with Crippen molar-refractivity contribution >= 4 is 11.3 Å². The molecule has 0 radical (unpaired) electrons. The van der Waals surface area contributed by atoms with Crippen molar-refractivity contribution in [2.75, 3.05) is 6.54 Å². The molecular formula is C9H15NOS. The van der Waals surface area contributed by atoms with Crippen molar-refractivity contribution in [3.63, 3.8) is 0 Å². The predicted molar refractivity (Wildman–Crippen MR) is 52.4 cm³/mol. The van der Waals surface area contributed by atoms with Crippen LogP contribution >= 0.6 is 11.3 Å². The molecule has 0 aliphatic carbocycles. The van der Waals surface area contributed by atoms with E-state index >= 15 is 0 Å². The Balaban J connectivity index is 2.34. The first kappa shape index (κ1) is 9.71. The quantitative estimate of drug-likeness (QED) is 0.749. The molecule has 0 spiro atoms. The summed E-state index contributed by atoms with van der Waals surface area (Å²) in [7, 11) is 0. The molecule has 1 heterocycles. The van der Waals surface area contributed by atoms with Gasteiger partial charge in [0.15, 0.2) is 0 Å². The first-order chi connectivity index (χ1) is 5.70. The molecule has 0 aliphatic rings. The zero-order valence-corrected chi connectivity index (χ0v) is 8.27. The maximum atomic E-state index is 9.61. The van der Waals surface area contributed by atoms with Gasteiger partial charge in [-0.15, -0.1) is 11.3 Å². The summed E-state index contributed by atoms with van der Waals surface area (Å²) in [6.45, 7) is 4.78. The number of hydrogen-bond acceptors (Lipinski definition) is 3. The molecule has 0 saturated carbocycles. The van der Waals surface area contributed by atoms with Gasteiger partial charge in [0, 0.05) is 17.5 Å². The molecule has 1 aromatic heterocycles. The van der Waals surface area contributed by atoms with Gasteiger partial charge in [-0.3, -0.25) is 0 Å². The third kappa shape index (κ3) is 2.93. The van der Waals surface area contributed by atoms with Crippen LogP contribution in [0.2, 0.25) is 0 Å². The summed E-state index contributed by atoms with van der Waals surface area (Å²) in [6.07, 6.45) is -0.354. The number of thiophene rings is 1. The fourth-order valence-corrected chi connectivity index (χ4v) is 1.64. The molecule has 0 amide bonds. The average molecular weight is 185 g/mol. The number of aliphatic hydroxyl groups excluding tert-OH is 1. The maximum absolute atomic E-state index is 9.61. The lowest BCUT2D eigenvalue weighted by atomic mass is 10.2. The van der Waals surface area contributed by atoms with Gasteiger partial charge in [-0.2, -0.15) is 0 Å². The lowest BCUT2D eigenvalue weighted by Crippen LogP contribution is -2.27. The molecule has 1 unspecified atom stereocenters. The highest BCUT2D eigenvalue weighted by Crippen LogP contribution is 2.17. The minimum absolute atomic E-state index is 0.354. The smallest absolute Gasteiger partial charge is 0.101 e. The van der Waals surface area contributed by atoms with Crippen LogP contribution in [0, 0.1) is 0 Å². The van der Waals surface area contributed by atoms with Crippen molar-refractivity contribution in [1.82, 2.24) is 5.32 Å². The molecule has 3 heteroatoms. The van der Waals surface area contributed by atoms with Crippen LogP contribution in [0.3, 0.4) is 0 Å². The molecule has 0 aromatic carbocycles. The van der Waals surface area contributed by atoms with Crippen molar-refractivity contribution in [2.24, 2.45) is 0 Å². The predicted octanol–water partition coefficient (Wildman–Crippen LogP) is 1.78. The van der Waals surface area contributed by atoms with Crippen LogP contribution < -0.4 is 5.32 Å². The highest BCUT2D eigenvalue weighted by Gasteiger charge is 2.07. The van der Waals surface area contributed by atoms with E-state index in [0.717, 1.165) is 4.88 Å². The Bertz CT molecular complexity index is 208. The van der Waals surface area contributed by atoms with E-state index in [4.69, 9.17) is 0 Å². The molecule has 1 rings (SSSR count). The normalized spacial score (nSPS) is 13.7. The van der Waals surface area contributed by atoms with Crippen LogP contribution in [-0.4, -0.2) is 17.7 Å². The third-order valence-electron chi connectivity index (χ3n) is 1.59. The fraction of sp³-hybridized carbons (Fsp3) is 0.556. The largest absolute Gasteiger partial charge is 0.386 e. The lowest BCUT2D eigenvalue weighted by Gasteiger charge is -2.12. The SMILES string of the molecule is CC(C)NCC(O)c1cccs1. The Morgan fingerprint density at radius 3 is 2.83 bits per heavy atom. The number of hydrogen-bond donors (Lipinski definition) is 2. The molecule has 12 heavy (non-hydrogen) atoms. The van der Waals surface area contributed by atoms with Crippen LogP contribution in [-0.2, 0) is 0 Å². The van der Waals surface area contributed by atoms with Gasteiger partial charge < -0.3 is 10.4 Å². The molecule has 1 aromatic rings. The summed E-state index contributed by atoms with van der Waals surface area (Å²) >= 11 is 1.59. The summed E-state index contributed by atoms with van der Waals surface area (Å²) in [5.41, 5.74) is 0. The maximum Gasteiger partial charge on any atom is 0.101 e. The average Bonchev–Trinajstić information content (AvgIpc) is 2.51. The molecule has 0 bridgehead atoms. The van der Waals surface area contributed by atoms with E-state index in [1.807, 2.05) is 17.5 Å². The molecule has 2 N–H and O–H groups in total. The molecule has 2 nitrogen and oxygen atoms in total. The van der Waals surface area contributed by atoms with Crippen LogP contribution in [0.5, 0.6) is 0 Å². The molecule has 0 saturated heterocycles. The van der Waals surface area contributed by atoms with Gasteiger partial charge >= 0.3 is 0 Å². The summed E-state index contributed by atoms with van der Waals surface area (Å²) in [5.74, 6) is 0. The standard InChI is InChI=1S/C9H15NOS/c1-7(2)10-6-8(11)9-4-3-5-12-9/h3-5,7-8,10-11H,6H2,1-2H3. The van der Waals surface area contributed by atoms with Crippen molar-refractivity contribution in [2.45, 2.75) is 26.0 Å². The Kier molecular flexibility index (Phi) is 3.72. The van der Waals surface area contributed by atoms with E-state index in [-0.39, 0.29) is 6.10 Å². The fourth-order valence-electron chi connectivity index (χ4n) is 0.929. The number of aliphatic hydroxyl groups is 1. The molecule has 0 fully saturated rings. The minimum Gasteiger partial charge on any atom is -0.386 e. The second-order valence-corrected chi connectivity index (χ2v) is 4.07. The zero-order valence-electron chi connectivity index (χ0n) is 7.45. The van der Waals surface area contributed by atoms with E-state index in [1.165, 1.54) is 0 Å². The Morgan fingerprint density at radius 1 is 1.58 bits per heavy atom. The molecular weight excluding hydrogens is 170 g/mol. The Labute approximate surface area is 77.2 Å². The minimum atomic E-state index is -0.354. The van der Waals surface area contributed by atoms with Crippen molar-refractivity contribution < 1.29 is 5.11 Å². The summed E-state index contributed by atoms with van der Waals surface area (Å²) in [5, 5.41) is 14.8. The van der Waals surface area contributed by atoms with Gasteiger partial charge in [-0.1, -0.05) is 19.9 Å². The van der Waals surface area contributed by atoms with E-state index in [2.05, 4.69) is 19.2 Å². The second-order valence-electron chi connectivity index (χ2n) is 3.09. The summed E-state index contributed by atoms with van der Waals surface area (Å²) < 4.78 is 0. The zero-order chi connectivity index (χ0) is 8.97. The van der Waals surface area contributed by atoms with Crippen LogP contribution in [0.15, 0.2) is 17.5 Å². The Morgan fingerprint density at radius 2 is 2.33 bits per heavy atom. The molecule has 1 atom stereocenters. The van der Waals surface area contributed by atoms with Crippen LogP contribution in [0.25, 0.3) is 0 Å². The first-order valence-electron chi connectivity index (χ1n) is 4.15. The molecule has 68 valence electrons. The van der Waals surface area contributed by atoms with Crippen molar-refractivity contribution in [3.8, 4) is 0 Å². The highest BCUT2D eigenvalue weighted by molar-refractivity contribution is 7.10. The van der Waals surface area contributed by atoms with Gasteiger partial charge in [0.05, 0.1) is 0 Å². The number of rotatable bonds is 4.